The lowest BCUT2D eigenvalue weighted by Crippen LogP contribution is -2.63. The lowest BCUT2D eigenvalue weighted by Gasteiger charge is -2.44. The van der Waals surface area contributed by atoms with Gasteiger partial charge in [-0.3, -0.25) is 4.79 Å². The van der Waals surface area contributed by atoms with Crippen molar-refractivity contribution in [1.82, 2.24) is 14.1 Å². The quantitative estimate of drug-likeness (QED) is 0.645. The number of nitrogens with zero attached hydrogens (tertiary/aromatic N) is 3. The summed E-state index contributed by atoms with van der Waals surface area (Å²) in [5.74, 6) is 0.752. The van der Waals surface area contributed by atoms with E-state index < -0.39 is 10.0 Å². The molecule has 1 aromatic carbocycles. The number of likely N-dealkylation sites (tertiary alicyclic amines) is 2. The van der Waals surface area contributed by atoms with E-state index >= 15 is 0 Å². The summed E-state index contributed by atoms with van der Waals surface area (Å²) in [7, 11) is -1.69. The molecule has 2 heterocycles. The number of hydrogen-bond acceptors (Lipinski definition) is 5. The Kier molecular flexibility index (Phi) is 6.95. The number of hydrogen-bond donors (Lipinski definition) is 0. The molecule has 156 valence electrons. The van der Waals surface area contributed by atoms with Crippen LogP contribution in [0.1, 0.15) is 24.8 Å². The van der Waals surface area contributed by atoms with E-state index in [0.717, 1.165) is 30.9 Å². The van der Waals surface area contributed by atoms with Crippen LogP contribution in [0.25, 0.3) is 0 Å². The molecule has 2 fully saturated rings. The molecule has 28 heavy (non-hydrogen) atoms. The highest BCUT2D eigenvalue weighted by atomic mass is 32.2. The molecule has 0 saturated carbocycles. The van der Waals surface area contributed by atoms with Crippen LogP contribution < -0.4 is 4.74 Å². The van der Waals surface area contributed by atoms with Crippen LogP contribution in [0, 0.1) is 0 Å². The first kappa shape index (κ1) is 21.1. The summed E-state index contributed by atoms with van der Waals surface area (Å²) in [5.41, 5.74) is 0.901. The van der Waals surface area contributed by atoms with Crippen molar-refractivity contribution >= 4 is 15.9 Å². The van der Waals surface area contributed by atoms with Crippen LogP contribution in [0.4, 0.5) is 0 Å². The molecule has 0 aliphatic carbocycles. The van der Waals surface area contributed by atoms with Crippen molar-refractivity contribution in [3.8, 4) is 5.75 Å². The second kappa shape index (κ2) is 9.24. The number of benzene rings is 1. The van der Waals surface area contributed by atoms with E-state index in [-0.39, 0.29) is 11.9 Å². The summed E-state index contributed by atoms with van der Waals surface area (Å²) >= 11 is 0. The van der Waals surface area contributed by atoms with Crippen LogP contribution in [0.2, 0.25) is 0 Å². The molecule has 0 N–H and O–H groups in total. The number of carbonyl (C=O) groups is 1. The number of piperidine rings is 1. The standard InChI is InChI=1S/C20H31N3O4S/c1-27-19-8-6-7-17(13-19)14-20(24)22-15-18(16-22)23(28(2,25)26)12-11-21-9-4-3-5-10-21/h6-8,13,18H,3-5,9-12,14-16H2,1-2H3. The van der Waals surface area contributed by atoms with Crippen LogP contribution in [0.15, 0.2) is 24.3 Å². The first-order chi connectivity index (χ1) is 13.4. The van der Waals surface area contributed by atoms with E-state index in [1.807, 2.05) is 24.3 Å². The minimum Gasteiger partial charge on any atom is -0.497 e. The fraction of sp³-hybridized carbons (Fsp3) is 0.650. The molecule has 1 amide bonds. The van der Waals surface area contributed by atoms with Gasteiger partial charge in [0.15, 0.2) is 0 Å². The number of amides is 1. The molecule has 0 bridgehead atoms. The summed E-state index contributed by atoms with van der Waals surface area (Å²) in [6.45, 7) is 4.30. The zero-order valence-electron chi connectivity index (χ0n) is 16.8. The summed E-state index contributed by atoms with van der Waals surface area (Å²) in [6.07, 6.45) is 5.21. The molecule has 0 atom stereocenters. The third kappa shape index (κ3) is 5.46. The average Bonchev–Trinajstić information content (AvgIpc) is 2.63. The number of rotatable bonds is 8. The lowest BCUT2D eigenvalue weighted by atomic mass is 10.1. The minimum atomic E-state index is -3.29. The molecule has 0 spiro atoms. The van der Waals surface area contributed by atoms with Gasteiger partial charge in [0.1, 0.15) is 5.75 Å². The van der Waals surface area contributed by atoms with Gasteiger partial charge in [0.2, 0.25) is 15.9 Å². The molecular weight excluding hydrogens is 378 g/mol. The van der Waals surface area contributed by atoms with Crippen LogP contribution in [-0.4, -0.2) is 87.1 Å². The Balaban J connectivity index is 1.51. The molecule has 0 unspecified atom stereocenters. The fourth-order valence-electron chi connectivity index (χ4n) is 3.95. The second-order valence-electron chi connectivity index (χ2n) is 7.76. The van der Waals surface area contributed by atoms with Gasteiger partial charge >= 0.3 is 0 Å². The normalized spacial score (nSPS) is 18.9. The molecule has 0 radical (unpaired) electrons. The maximum atomic E-state index is 12.5. The highest BCUT2D eigenvalue weighted by molar-refractivity contribution is 7.88. The molecule has 2 saturated heterocycles. The molecule has 0 aromatic heterocycles. The van der Waals surface area contributed by atoms with Crippen molar-refractivity contribution in [2.24, 2.45) is 0 Å². The molecule has 7 nitrogen and oxygen atoms in total. The molecule has 2 aliphatic heterocycles. The van der Waals surface area contributed by atoms with Gasteiger partial charge in [-0.1, -0.05) is 18.6 Å². The molecule has 8 heteroatoms. The van der Waals surface area contributed by atoms with Gasteiger partial charge in [-0.15, -0.1) is 0 Å². The molecule has 1 aromatic rings. The Morgan fingerprint density at radius 3 is 2.57 bits per heavy atom. The minimum absolute atomic E-state index is 0.0222. The summed E-state index contributed by atoms with van der Waals surface area (Å²) in [4.78, 5) is 16.6. The molecule has 3 rings (SSSR count). The maximum absolute atomic E-state index is 12.5. The number of sulfonamides is 1. The van der Waals surface area contributed by atoms with Crippen molar-refractivity contribution in [2.75, 3.05) is 52.6 Å². The second-order valence-corrected chi connectivity index (χ2v) is 9.69. The van der Waals surface area contributed by atoms with E-state index in [1.165, 1.54) is 25.5 Å². The lowest BCUT2D eigenvalue weighted by molar-refractivity contribution is -0.136. The first-order valence-corrected chi connectivity index (χ1v) is 11.8. The Morgan fingerprint density at radius 2 is 1.93 bits per heavy atom. The number of ether oxygens (including phenoxy) is 1. The van der Waals surface area contributed by atoms with Crippen LogP contribution in [-0.2, 0) is 21.2 Å². The van der Waals surface area contributed by atoms with Gasteiger partial charge in [0.05, 0.1) is 25.8 Å². The molecule has 2 aliphatic rings. The number of carbonyl (C=O) groups excluding carboxylic acids is 1. The predicted molar refractivity (Wildman–Crippen MR) is 109 cm³/mol. The predicted octanol–water partition coefficient (Wildman–Crippen LogP) is 1.20. The summed E-state index contributed by atoms with van der Waals surface area (Å²) < 4.78 is 31.3. The van der Waals surface area contributed by atoms with Gasteiger partial charge < -0.3 is 14.5 Å². The zero-order chi connectivity index (χ0) is 20.1. The zero-order valence-corrected chi connectivity index (χ0v) is 17.7. The van der Waals surface area contributed by atoms with Crippen LogP contribution in [0.3, 0.4) is 0 Å². The van der Waals surface area contributed by atoms with Gasteiger partial charge in [0, 0.05) is 26.2 Å². The first-order valence-electron chi connectivity index (χ1n) is 9.96. The monoisotopic (exact) mass is 409 g/mol. The van der Waals surface area contributed by atoms with Crippen molar-refractivity contribution in [3.63, 3.8) is 0 Å². The van der Waals surface area contributed by atoms with Crippen molar-refractivity contribution in [1.29, 1.82) is 0 Å². The average molecular weight is 410 g/mol. The van der Waals surface area contributed by atoms with Crippen molar-refractivity contribution in [2.45, 2.75) is 31.7 Å². The Hall–Kier alpha value is -1.64. The Bertz CT molecular complexity index is 771. The van der Waals surface area contributed by atoms with Crippen molar-refractivity contribution < 1.29 is 17.9 Å². The van der Waals surface area contributed by atoms with Gasteiger partial charge in [-0.25, -0.2) is 8.42 Å². The van der Waals surface area contributed by atoms with E-state index in [1.54, 1.807) is 16.3 Å². The Labute approximate surface area is 168 Å². The third-order valence-electron chi connectivity index (χ3n) is 5.62. The topological polar surface area (TPSA) is 70.2 Å². The highest BCUT2D eigenvalue weighted by Crippen LogP contribution is 2.21. The van der Waals surface area contributed by atoms with Gasteiger partial charge in [-0.2, -0.15) is 4.31 Å². The van der Waals surface area contributed by atoms with E-state index in [2.05, 4.69) is 4.90 Å². The van der Waals surface area contributed by atoms with E-state index in [9.17, 15) is 13.2 Å². The maximum Gasteiger partial charge on any atom is 0.227 e. The summed E-state index contributed by atoms with van der Waals surface area (Å²) in [6, 6.07) is 7.36. The van der Waals surface area contributed by atoms with Crippen LogP contribution >= 0.6 is 0 Å². The SMILES string of the molecule is COc1cccc(CC(=O)N2CC(N(CCN3CCCCC3)S(C)(=O)=O)C2)c1. The molecular formula is C20H31N3O4S. The highest BCUT2D eigenvalue weighted by Gasteiger charge is 2.38. The van der Waals surface area contributed by atoms with E-state index in [0.29, 0.717) is 26.1 Å². The smallest absolute Gasteiger partial charge is 0.227 e. The number of methoxy groups -OCH3 is 1. The third-order valence-corrected chi connectivity index (χ3v) is 6.96. The van der Waals surface area contributed by atoms with Crippen molar-refractivity contribution in [3.05, 3.63) is 29.8 Å². The van der Waals surface area contributed by atoms with Crippen LogP contribution in [0.5, 0.6) is 5.75 Å². The van der Waals surface area contributed by atoms with Gasteiger partial charge in [0.25, 0.3) is 0 Å². The van der Waals surface area contributed by atoms with E-state index in [4.69, 9.17) is 4.74 Å². The van der Waals surface area contributed by atoms with Gasteiger partial charge in [-0.05, 0) is 43.6 Å². The summed E-state index contributed by atoms with van der Waals surface area (Å²) in [5, 5.41) is 0. The largest absolute Gasteiger partial charge is 0.497 e. The Morgan fingerprint density at radius 1 is 1.21 bits per heavy atom. The fourth-order valence-corrected chi connectivity index (χ4v) is 5.04.